The van der Waals surface area contributed by atoms with E-state index in [1.54, 1.807) is 55.6 Å². The lowest BCUT2D eigenvalue weighted by atomic mass is 9.95. The zero-order valence-corrected chi connectivity index (χ0v) is 19.4. The molecular weight excluding hydrogens is 444 g/mol. The molecule has 1 atom stereocenters. The highest BCUT2D eigenvalue weighted by Crippen LogP contribution is 2.40. The molecule has 0 aliphatic carbocycles. The fraction of sp³-hybridized carbons (Fsp3) is 0.280. The summed E-state index contributed by atoms with van der Waals surface area (Å²) in [5.41, 5.74) is 1.19. The van der Waals surface area contributed by atoms with Crippen LogP contribution in [0.3, 0.4) is 0 Å². The highest BCUT2D eigenvalue weighted by atomic mass is 35.5. The van der Waals surface area contributed by atoms with E-state index in [1.165, 1.54) is 4.90 Å². The van der Waals surface area contributed by atoms with Gasteiger partial charge in [-0.1, -0.05) is 23.7 Å². The van der Waals surface area contributed by atoms with Crippen molar-refractivity contribution < 1.29 is 23.8 Å². The topological polar surface area (TPSA) is 83.2 Å². The minimum absolute atomic E-state index is 0.000160. The highest BCUT2D eigenvalue weighted by Gasteiger charge is 2.44. The Morgan fingerprint density at radius 1 is 1.18 bits per heavy atom. The van der Waals surface area contributed by atoms with Gasteiger partial charge in [-0.2, -0.15) is 0 Å². The van der Waals surface area contributed by atoms with Crippen molar-refractivity contribution >= 4 is 34.3 Å². The summed E-state index contributed by atoms with van der Waals surface area (Å²) in [5, 5.41) is 12.0. The van der Waals surface area contributed by atoms with Crippen LogP contribution < -0.4 is 4.74 Å². The molecule has 1 aliphatic rings. The maximum absolute atomic E-state index is 13.5. The smallest absolute Gasteiger partial charge is 0.290 e. The van der Waals surface area contributed by atoms with Gasteiger partial charge in [0.15, 0.2) is 11.5 Å². The molecule has 2 heterocycles. The van der Waals surface area contributed by atoms with E-state index in [0.717, 1.165) is 6.54 Å². The molecule has 4 rings (SSSR count). The molecule has 1 unspecified atom stereocenters. The Labute approximate surface area is 196 Å². The Bertz CT molecular complexity index is 1230. The van der Waals surface area contributed by atoms with E-state index in [0.29, 0.717) is 40.3 Å². The molecule has 1 amide bonds. The van der Waals surface area contributed by atoms with Gasteiger partial charge in [0.2, 0.25) is 5.78 Å². The Morgan fingerprint density at radius 3 is 2.58 bits per heavy atom. The summed E-state index contributed by atoms with van der Waals surface area (Å²) in [6, 6.07) is 13.0. The summed E-state index contributed by atoms with van der Waals surface area (Å²) < 4.78 is 11.0. The first-order valence-electron chi connectivity index (χ1n) is 10.6. The monoisotopic (exact) mass is 468 g/mol. The number of fused-ring (bicyclic) bond motifs is 1. The molecule has 0 bridgehead atoms. The van der Waals surface area contributed by atoms with E-state index in [1.807, 2.05) is 19.0 Å². The molecule has 0 saturated heterocycles. The molecule has 8 heteroatoms. The summed E-state index contributed by atoms with van der Waals surface area (Å²) >= 11 is 6.05. The third-order valence-electron chi connectivity index (χ3n) is 5.69. The molecule has 7 nitrogen and oxygen atoms in total. The molecule has 3 aromatic rings. The van der Waals surface area contributed by atoms with Crippen molar-refractivity contribution in [3.63, 3.8) is 0 Å². The highest BCUT2D eigenvalue weighted by molar-refractivity contribution is 6.31. The van der Waals surface area contributed by atoms with Crippen molar-refractivity contribution in [1.29, 1.82) is 0 Å². The zero-order chi connectivity index (χ0) is 23.7. The van der Waals surface area contributed by atoms with E-state index in [4.69, 9.17) is 20.8 Å². The van der Waals surface area contributed by atoms with Gasteiger partial charge in [-0.05, 0) is 69.0 Å². The lowest BCUT2D eigenvalue weighted by Gasteiger charge is -2.27. The Morgan fingerprint density at radius 2 is 1.91 bits per heavy atom. The number of nitrogens with zero attached hydrogens (tertiary/aromatic N) is 2. The second-order valence-electron chi connectivity index (χ2n) is 8.22. The predicted octanol–water partition coefficient (Wildman–Crippen LogP) is 4.62. The molecule has 0 radical (unpaired) electrons. The maximum atomic E-state index is 13.5. The van der Waals surface area contributed by atoms with Gasteiger partial charge in [-0.15, -0.1) is 0 Å². The minimum Gasteiger partial charge on any atom is -0.503 e. The van der Waals surface area contributed by atoms with E-state index in [-0.39, 0.29) is 11.3 Å². The van der Waals surface area contributed by atoms with Gasteiger partial charge in [-0.3, -0.25) is 9.59 Å². The first kappa shape index (κ1) is 22.9. The van der Waals surface area contributed by atoms with Crippen molar-refractivity contribution in [2.24, 2.45) is 0 Å². The van der Waals surface area contributed by atoms with Crippen molar-refractivity contribution in [3.8, 4) is 5.75 Å². The standard InChI is InChI=1S/C25H25ClN2O5/c1-27(2)11-4-12-28-22(15-5-8-18(32-3)9-6-15)21(24(30)25(28)31)23(29)20-14-16-13-17(26)7-10-19(16)33-20/h5-10,13-14,22,30H,4,11-12H2,1-3H3. The maximum Gasteiger partial charge on any atom is 0.290 e. The van der Waals surface area contributed by atoms with Crippen LogP contribution in [0.15, 0.2) is 64.3 Å². The third kappa shape index (κ3) is 4.47. The van der Waals surface area contributed by atoms with Crippen molar-refractivity contribution in [1.82, 2.24) is 9.80 Å². The number of carbonyl (C=O) groups is 2. The number of methoxy groups -OCH3 is 1. The lowest BCUT2D eigenvalue weighted by Crippen LogP contribution is -2.33. The molecule has 1 N–H and O–H groups in total. The quantitative estimate of drug-likeness (QED) is 0.485. The molecule has 33 heavy (non-hydrogen) atoms. The normalized spacial score (nSPS) is 16.3. The van der Waals surface area contributed by atoms with Gasteiger partial charge in [-0.25, -0.2) is 0 Å². The van der Waals surface area contributed by atoms with E-state index in [2.05, 4.69) is 0 Å². The van der Waals surface area contributed by atoms with Crippen molar-refractivity contribution in [3.05, 3.63) is 76.2 Å². The number of hydrogen-bond acceptors (Lipinski definition) is 6. The number of rotatable bonds is 8. The summed E-state index contributed by atoms with van der Waals surface area (Å²) in [6.45, 7) is 1.14. The van der Waals surface area contributed by atoms with Crippen LogP contribution in [0.1, 0.15) is 28.6 Å². The first-order valence-corrected chi connectivity index (χ1v) is 10.9. The SMILES string of the molecule is COc1ccc(C2C(C(=O)c3cc4cc(Cl)ccc4o3)=C(O)C(=O)N2CCCN(C)C)cc1. The van der Waals surface area contributed by atoms with Gasteiger partial charge in [0.1, 0.15) is 11.3 Å². The van der Waals surface area contributed by atoms with Crippen LogP contribution in [-0.4, -0.2) is 60.9 Å². The van der Waals surface area contributed by atoms with Crippen LogP contribution in [-0.2, 0) is 4.79 Å². The van der Waals surface area contributed by atoms with Crippen LogP contribution in [0.2, 0.25) is 5.02 Å². The number of ketones is 1. The summed E-state index contributed by atoms with van der Waals surface area (Å²) in [6.07, 6.45) is 0.684. The second-order valence-corrected chi connectivity index (χ2v) is 8.65. The number of amides is 1. The first-order chi connectivity index (χ1) is 15.8. The van der Waals surface area contributed by atoms with Crippen LogP contribution in [0.5, 0.6) is 5.75 Å². The fourth-order valence-electron chi connectivity index (χ4n) is 4.07. The third-order valence-corrected chi connectivity index (χ3v) is 5.92. The van der Waals surface area contributed by atoms with Crippen LogP contribution in [0, 0.1) is 0 Å². The molecule has 0 fully saturated rings. The number of ether oxygens (including phenoxy) is 1. The number of Topliss-reactive ketones (excluding diaryl/α,β-unsaturated/α-hetero) is 1. The number of halogens is 1. The Balaban J connectivity index is 1.74. The van der Waals surface area contributed by atoms with Crippen molar-refractivity contribution in [2.45, 2.75) is 12.5 Å². The van der Waals surface area contributed by atoms with Crippen LogP contribution >= 0.6 is 11.6 Å². The molecular formula is C25H25ClN2O5. The summed E-state index contributed by atoms with van der Waals surface area (Å²) in [5.74, 6) is -0.974. The molecule has 1 aromatic heterocycles. The average Bonchev–Trinajstić information content (AvgIpc) is 3.32. The van der Waals surface area contributed by atoms with Crippen molar-refractivity contribution in [2.75, 3.05) is 34.3 Å². The molecule has 172 valence electrons. The van der Waals surface area contributed by atoms with Crippen LogP contribution in [0.25, 0.3) is 11.0 Å². The molecule has 0 saturated carbocycles. The number of furan rings is 1. The number of benzene rings is 2. The van der Waals surface area contributed by atoms with Gasteiger partial charge < -0.3 is 24.1 Å². The Kier molecular flexibility index (Phi) is 6.44. The summed E-state index contributed by atoms with van der Waals surface area (Å²) in [7, 11) is 5.46. The Hall–Kier alpha value is -3.29. The van der Waals surface area contributed by atoms with Crippen LogP contribution in [0.4, 0.5) is 0 Å². The lowest BCUT2D eigenvalue weighted by molar-refractivity contribution is -0.129. The van der Waals surface area contributed by atoms with E-state index in [9.17, 15) is 14.7 Å². The van der Waals surface area contributed by atoms with Gasteiger partial charge in [0.25, 0.3) is 5.91 Å². The second kappa shape index (κ2) is 9.29. The minimum atomic E-state index is -0.741. The number of aliphatic hydroxyl groups is 1. The zero-order valence-electron chi connectivity index (χ0n) is 18.7. The summed E-state index contributed by atoms with van der Waals surface area (Å²) in [4.78, 5) is 30.1. The molecule has 2 aromatic carbocycles. The number of carbonyl (C=O) groups excluding carboxylic acids is 2. The fourth-order valence-corrected chi connectivity index (χ4v) is 4.25. The largest absolute Gasteiger partial charge is 0.503 e. The number of aliphatic hydroxyl groups excluding tert-OH is 1. The average molecular weight is 469 g/mol. The van der Waals surface area contributed by atoms with E-state index < -0.39 is 23.5 Å². The molecule has 1 aliphatic heterocycles. The predicted molar refractivity (Wildman–Crippen MR) is 126 cm³/mol. The van der Waals surface area contributed by atoms with Gasteiger partial charge >= 0.3 is 0 Å². The number of hydrogen-bond donors (Lipinski definition) is 1. The van der Waals surface area contributed by atoms with E-state index >= 15 is 0 Å². The van der Waals surface area contributed by atoms with Gasteiger partial charge in [0, 0.05) is 17.0 Å². The molecule has 0 spiro atoms. The van der Waals surface area contributed by atoms with Gasteiger partial charge in [0.05, 0.1) is 18.7 Å².